The van der Waals surface area contributed by atoms with E-state index in [-0.39, 0.29) is 12.7 Å². The number of hydrogen-bond donors (Lipinski definition) is 2. The molecule has 0 spiro atoms. The monoisotopic (exact) mass is 712 g/mol. The van der Waals surface area contributed by atoms with Crippen molar-refractivity contribution in [1.29, 1.82) is 0 Å². The van der Waals surface area contributed by atoms with E-state index in [0.717, 1.165) is 24.0 Å². The third-order valence-corrected chi connectivity index (χ3v) is 9.42. The smallest absolute Gasteiger partial charge is 0.410 e. The summed E-state index contributed by atoms with van der Waals surface area (Å²) in [5.74, 6) is -1.54. The lowest BCUT2D eigenvalue weighted by atomic mass is 9.87. The molecule has 2 heterocycles. The fraction of sp³-hybridized carbons (Fsp3) is 0.622. The molecule has 4 rings (SSSR count). The van der Waals surface area contributed by atoms with Gasteiger partial charge in [-0.25, -0.2) is 4.79 Å². The van der Waals surface area contributed by atoms with E-state index in [1.165, 1.54) is 6.92 Å². The molecule has 2 N–H and O–H groups in total. The van der Waals surface area contributed by atoms with Crippen LogP contribution >= 0.6 is 0 Å². The Morgan fingerprint density at radius 3 is 2.22 bits per heavy atom. The zero-order valence-corrected chi connectivity index (χ0v) is 29.9. The van der Waals surface area contributed by atoms with Crippen molar-refractivity contribution < 1.29 is 48.2 Å². The van der Waals surface area contributed by atoms with Gasteiger partial charge in [0, 0.05) is 37.4 Å². The number of ether oxygens (including phenoxy) is 6. The predicted molar refractivity (Wildman–Crippen MR) is 186 cm³/mol. The third-order valence-electron chi connectivity index (χ3n) is 9.42. The first kappa shape index (κ1) is 40.0. The Morgan fingerprint density at radius 2 is 1.59 bits per heavy atom. The fourth-order valence-electron chi connectivity index (χ4n) is 6.52. The number of carbonyl (C=O) groups is 2. The van der Waals surface area contributed by atoms with Crippen LogP contribution in [0, 0.1) is 11.8 Å². The first-order valence-corrected chi connectivity index (χ1v) is 17.7. The number of unbranched alkanes of at least 4 members (excludes halogenated alkanes) is 2. The quantitative estimate of drug-likeness (QED) is 0.0699. The van der Waals surface area contributed by atoms with E-state index in [1.807, 2.05) is 74.5 Å². The number of hydrogen-bond acceptors (Lipinski definition) is 11. The zero-order valence-electron chi connectivity index (χ0n) is 29.9. The van der Waals surface area contributed by atoms with Crippen molar-refractivity contribution in [3.63, 3.8) is 0 Å². The lowest BCUT2D eigenvalue weighted by molar-refractivity contribution is -0.334. The Bertz CT molecular complexity index is 1400. The Balaban J connectivity index is 1.32. The number of azide groups is 1. The molecule has 0 bridgehead atoms. The van der Waals surface area contributed by atoms with Gasteiger partial charge in [0.05, 0.1) is 31.0 Å². The number of amides is 1. The van der Waals surface area contributed by atoms with Crippen LogP contribution in [-0.4, -0.2) is 96.1 Å². The van der Waals surface area contributed by atoms with Crippen molar-refractivity contribution in [2.24, 2.45) is 17.0 Å². The molecule has 2 saturated heterocycles. The summed E-state index contributed by atoms with van der Waals surface area (Å²) in [6.45, 7) is 7.77. The Morgan fingerprint density at radius 1 is 0.922 bits per heavy atom. The number of aliphatic hydroxyl groups excluding tert-OH is 2. The predicted octanol–water partition coefficient (Wildman–Crippen LogP) is 5.49. The Labute approximate surface area is 299 Å². The molecule has 2 aromatic carbocycles. The van der Waals surface area contributed by atoms with Crippen LogP contribution in [0.2, 0.25) is 0 Å². The minimum Gasteiger partial charge on any atom is -0.457 e. The number of nitrogens with zero attached hydrogens (tertiary/aromatic N) is 4. The first-order valence-electron chi connectivity index (χ1n) is 17.7. The van der Waals surface area contributed by atoms with Crippen molar-refractivity contribution in [2.45, 2.75) is 116 Å². The van der Waals surface area contributed by atoms with E-state index < -0.39 is 73.6 Å². The first-order chi connectivity index (χ1) is 24.7. The van der Waals surface area contributed by atoms with E-state index in [4.69, 9.17) is 28.4 Å². The highest BCUT2D eigenvalue weighted by atomic mass is 16.7. The van der Waals surface area contributed by atoms with E-state index in [2.05, 4.69) is 10.0 Å². The second-order valence-corrected chi connectivity index (χ2v) is 13.1. The van der Waals surface area contributed by atoms with Crippen molar-refractivity contribution in [3.05, 3.63) is 82.2 Å². The molecule has 51 heavy (non-hydrogen) atoms. The average molecular weight is 713 g/mol. The minimum atomic E-state index is -1.10. The number of rotatable bonds is 17. The van der Waals surface area contributed by atoms with Crippen LogP contribution in [0.25, 0.3) is 10.4 Å². The lowest BCUT2D eigenvalue weighted by Gasteiger charge is -2.48. The number of aliphatic hydroxyl groups is 2. The van der Waals surface area contributed by atoms with Crippen LogP contribution in [0.5, 0.6) is 0 Å². The molecule has 2 aromatic rings. The van der Waals surface area contributed by atoms with Gasteiger partial charge in [0.1, 0.15) is 12.7 Å². The van der Waals surface area contributed by atoms with Gasteiger partial charge in [-0.15, -0.1) is 0 Å². The van der Waals surface area contributed by atoms with Crippen molar-refractivity contribution in [3.8, 4) is 0 Å². The highest BCUT2D eigenvalue weighted by Gasteiger charge is 2.50. The molecule has 2 aliphatic heterocycles. The summed E-state index contributed by atoms with van der Waals surface area (Å²) in [6, 6.07) is 18.6. The summed E-state index contributed by atoms with van der Waals surface area (Å²) in [4.78, 5) is 29.7. The van der Waals surface area contributed by atoms with Crippen LogP contribution in [0.3, 0.4) is 0 Å². The summed E-state index contributed by atoms with van der Waals surface area (Å²) >= 11 is 0. The van der Waals surface area contributed by atoms with E-state index >= 15 is 0 Å². The summed E-state index contributed by atoms with van der Waals surface area (Å²) in [6.07, 6.45) is -3.70. The van der Waals surface area contributed by atoms with Crippen LogP contribution in [0.1, 0.15) is 64.5 Å². The maximum Gasteiger partial charge on any atom is 0.410 e. The van der Waals surface area contributed by atoms with Crippen LogP contribution in [0.15, 0.2) is 65.8 Å². The normalized spacial score (nSPS) is 29.1. The Hall–Kier alpha value is -3.75. The van der Waals surface area contributed by atoms with Crippen LogP contribution in [-0.2, 0) is 46.4 Å². The van der Waals surface area contributed by atoms with E-state index in [9.17, 15) is 25.3 Å². The molecule has 14 nitrogen and oxygen atoms in total. The van der Waals surface area contributed by atoms with Crippen molar-refractivity contribution in [2.75, 3.05) is 19.8 Å². The molecule has 14 heteroatoms. The number of benzene rings is 2. The highest BCUT2D eigenvalue weighted by molar-refractivity contribution is 5.67. The minimum absolute atomic E-state index is 0.196. The molecule has 10 atom stereocenters. The van der Waals surface area contributed by atoms with Gasteiger partial charge in [-0.1, -0.05) is 86.5 Å². The van der Waals surface area contributed by atoms with Gasteiger partial charge in [-0.05, 0) is 48.3 Å². The molecule has 4 unspecified atom stereocenters. The lowest BCUT2D eigenvalue weighted by Crippen LogP contribution is -2.60. The van der Waals surface area contributed by atoms with E-state index in [1.54, 1.807) is 11.8 Å². The van der Waals surface area contributed by atoms with Crippen molar-refractivity contribution in [1.82, 2.24) is 4.90 Å². The molecular weight excluding hydrogens is 660 g/mol. The zero-order chi connectivity index (χ0) is 36.8. The van der Waals surface area contributed by atoms with Gasteiger partial charge < -0.3 is 43.5 Å². The van der Waals surface area contributed by atoms with Crippen LogP contribution < -0.4 is 0 Å². The molecule has 0 radical (unpaired) electrons. The van der Waals surface area contributed by atoms with Gasteiger partial charge in [0.2, 0.25) is 0 Å². The molecular formula is C37H52N4O10. The second kappa shape index (κ2) is 20.3. The molecule has 0 aliphatic carbocycles. The molecule has 1 amide bonds. The van der Waals surface area contributed by atoms with Gasteiger partial charge >= 0.3 is 12.1 Å². The van der Waals surface area contributed by atoms with Gasteiger partial charge in [-0.2, -0.15) is 0 Å². The highest BCUT2D eigenvalue weighted by Crippen LogP contribution is 2.37. The third kappa shape index (κ3) is 11.4. The molecule has 2 aliphatic rings. The summed E-state index contributed by atoms with van der Waals surface area (Å²) < 4.78 is 35.8. The van der Waals surface area contributed by atoms with Gasteiger partial charge in [-0.3, -0.25) is 4.79 Å². The maximum atomic E-state index is 13.1. The SMILES string of the molecule is CCC1O[C@H](OCCCCCN(Cc2ccccc2)C(=O)OCc2ccccc2)C(N=[N+]=[N-])[C@@H](C)[C@@H]1O[C@@H]1OC(CO)[C@@H](O)[C@H](C)C1OC(C)=O. The van der Waals surface area contributed by atoms with Crippen molar-refractivity contribution >= 4 is 12.1 Å². The number of carbonyl (C=O) groups excluding carboxylic acids is 2. The summed E-state index contributed by atoms with van der Waals surface area (Å²) in [5.41, 5.74) is 11.4. The largest absolute Gasteiger partial charge is 0.457 e. The Kier molecular flexibility index (Phi) is 16.0. The number of esters is 1. The van der Waals surface area contributed by atoms with Gasteiger partial charge in [0.15, 0.2) is 18.7 Å². The fourth-order valence-corrected chi connectivity index (χ4v) is 6.52. The van der Waals surface area contributed by atoms with E-state index in [0.29, 0.717) is 32.5 Å². The molecule has 2 fully saturated rings. The topological polar surface area (TPSA) is 182 Å². The average Bonchev–Trinajstić information content (AvgIpc) is 3.14. The summed E-state index contributed by atoms with van der Waals surface area (Å²) in [5, 5.41) is 24.4. The molecule has 280 valence electrons. The van der Waals surface area contributed by atoms with Gasteiger partial charge in [0.25, 0.3) is 0 Å². The summed E-state index contributed by atoms with van der Waals surface area (Å²) in [7, 11) is 0. The second-order valence-electron chi connectivity index (χ2n) is 13.1. The van der Waals surface area contributed by atoms with Crippen LogP contribution in [0.4, 0.5) is 4.79 Å². The molecule has 0 saturated carbocycles. The standard InChI is InChI=1S/C37H52N4O10/c1-5-29-33(51-36-34(48-26(4)43)25(3)32(44)30(22-42)50-36)24(2)31(39-40-38)35(49-29)46-20-14-8-13-19-41(21-27-15-9-6-10-16-27)37(45)47-23-28-17-11-7-12-18-28/h6-7,9-12,15-18,24-25,29-36,42,44H,5,8,13-14,19-23H2,1-4H3/t24-,25+,29?,30?,31?,32+,33+,34?,35+,36+/m1/s1. The maximum absolute atomic E-state index is 13.1. The molecule has 0 aromatic heterocycles.